The zero-order valence-corrected chi connectivity index (χ0v) is 15.9. The van der Waals surface area contributed by atoms with Crippen LogP contribution in [0.15, 0.2) is 34.1 Å². The van der Waals surface area contributed by atoms with Crippen molar-refractivity contribution in [3.05, 3.63) is 39.8 Å². The summed E-state index contributed by atoms with van der Waals surface area (Å²) < 4.78 is 0.965. The summed E-state index contributed by atoms with van der Waals surface area (Å²) in [7, 11) is 0. The van der Waals surface area contributed by atoms with Gasteiger partial charge in [0.05, 0.1) is 12.1 Å². The van der Waals surface area contributed by atoms with Gasteiger partial charge in [0.1, 0.15) is 11.0 Å². The fraction of sp³-hybridized carbons (Fsp3) is 0.353. The third kappa shape index (κ3) is 5.42. The van der Waals surface area contributed by atoms with E-state index in [9.17, 15) is 14.7 Å². The molecule has 24 heavy (non-hydrogen) atoms. The predicted molar refractivity (Wildman–Crippen MR) is 98.0 cm³/mol. The van der Waals surface area contributed by atoms with Crippen LogP contribution >= 0.6 is 27.3 Å². The number of carboxylic acids is 1. The number of thiazole rings is 1. The number of rotatable bonds is 7. The van der Waals surface area contributed by atoms with Crippen LogP contribution < -0.4 is 5.32 Å². The SMILES string of the molecule is CC(C)C[C@@H](NC(=O)Cc1csc(-c2cccc(Br)c2)n1)C(=O)O. The molecule has 0 saturated carbocycles. The second-order valence-corrected chi connectivity index (χ2v) is 7.69. The zero-order valence-electron chi connectivity index (χ0n) is 13.5. The number of nitrogens with one attached hydrogen (secondary N) is 1. The lowest BCUT2D eigenvalue weighted by Gasteiger charge is -2.16. The lowest BCUT2D eigenvalue weighted by molar-refractivity contribution is -0.142. The van der Waals surface area contributed by atoms with Crippen LogP contribution in [0, 0.1) is 5.92 Å². The first-order valence-electron chi connectivity index (χ1n) is 7.57. The van der Waals surface area contributed by atoms with E-state index in [0.29, 0.717) is 12.1 Å². The van der Waals surface area contributed by atoms with Crippen LogP contribution in [0.25, 0.3) is 10.6 Å². The quantitative estimate of drug-likeness (QED) is 0.728. The number of carboxylic acid groups (broad SMARTS) is 1. The van der Waals surface area contributed by atoms with E-state index in [2.05, 4.69) is 26.2 Å². The summed E-state index contributed by atoms with van der Waals surface area (Å²) in [5, 5.41) is 14.4. The van der Waals surface area contributed by atoms with Gasteiger partial charge >= 0.3 is 5.97 Å². The Hall–Kier alpha value is -1.73. The Morgan fingerprint density at radius 3 is 2.75 bits per heavy atom. The Labute approximate surface area is 153 Å². The van der Waals surface area contributed by atoms with E-state index in [-0.39, 0.29) is 18.2 Å². The number of benzene rings is 1. The number of carbonyl (C=O) groups excluding carboxylic acids is 1. The molecule has 1 heterocycles. The van der Waals surface area contributed by atoms with Crippen molar-refractivity contribution < 1.29 is 14.7 Å². The molecular weight excluding hydrogens is 392 g/mol. The first kappa shape index (κ1) is 18.6. The van der Waals surface area contributed by atoms with Gasteiger partial charge in [-0.05, 0) is 24.5 Å². The molecule has 1 atom stereocenters. The molecule has 0 unspecified atom stereocenters. The van der Waals surface area contributed by atoms with Gasteiger partial charge in [-0.15, -0.1) is 11.3 Å². The molecule has 0 fully saturated rings. The molecule has 7 heteroatoms. The summed E-state index contributed by atoms with van der Waals surface area (Å²) in [6.07, 6.45) is 0.480. The number of hydrogen-bond acceptors (Lipinski definition) is 4. The second kappa shape index (κ2) is 8.39. The van der Waals surface area contributed by atoms with Crippen molar-refractivity contribution in [3.63, 3.8) is 0 Å². The Morgan fingerprint density at radius 1 is 1.38 bits per heavy atom. The van der Waals surface area contributed by atoms with Crippen molar-refractivity contribution in [3.8, 4) is 10.6 Å². The summed E-state index contributed by atoms with van der Waals surface area (Å²) in [4.78, 5) is 27.8. The van der Waals surface area contributed by atoms with Crippen LogP contribution in [0.1, 0.15) is 26.0 Å². The van der Waals surface area contributed by atoms with Crippen molar-refractivity contribution in [2.75, 3.05) is 0 Å². The molecule has 2 aromatic rings. The first-order valence-corrected chi connectivity index (χ1v) is 9.25. The minimum atomic E-state index is -1.01. The summed E-state index contributed by atoms with van der Waals surface area (Å²) in [6, 6.07) is 6.92. The van der Waals surface area contributed by atoms with Crippen molar-refractivity contribution >= 4 is 39.1 Å². The molecular formula is C17H19BrN2O3S. The predicted octanol–water partition coefficient (Wildman–Crippen LogP) is 3.73. The number of aliphatic carboxylic acids is 1. The highest BCUT2D eigenvalue weighted by Gasteiger charge is 2.21. The molecule has 5 nitrogen and oxygen atoms in total. The van der Waals surface area contributed by atoms with Gasteiger partial charge in [0.2, 0.25) is 5.91 Å². The van der Waals surface area contributed by atoms with Gasteiger partial charge in [-0.25, -0.2) is 9.78 Å². The highest BCUT2D eigenvalue weighted by atomic mass is 79.9. The average molecular weight is 411 g/mol. The maximum Gasteiger partial charge on any atom is 0.326 e. The monoisotopic (exact) mass is 410 g/mol. The van der Waals surface area contributed by atoms with Gasteiger partial charge in [0, 0.05) is 15.4 Å². The molecule has 0 radical (unpaired) electrons. The minimum Gasteiger partial charge on any atom is -0.480 e. The highest BCUT2D eigenvalue weighted by molar-refractivity contribution is 9.10. The van der Waals surface area contributed by atoms with E-state index in [1.807, 2.05) is 43.5 Å². The van der Waals surface area contributed by atoms with Crippen LogP contribution in [-0.4, -0.2) is 28.0 Å². The topological polar surface area (TPSA) is 79.3 Å². The largest absolute Gasteiger partial charge is 0.480 e. The van der Waals surface area contributed by atoms with Gasteiger partial charge in [0.15, 0.2) is 0 Å². The molecule has 0 aliphatic heterocycles. The minimum absolute atomic E-state index is 0.0758. The average Bonchev–Trinajstić information content (AvgIpc) is 2.94. The van der Waals surface area contributed by atoms with Crippen molar-refractivity contribution in [1.82, 2.24) is 10.3 Å². The molecule has 0 saturated heterocycles. The van der Waals surface area contributed by atoms with E-state index in [0.717, 1.165) is 15.0 Å². The van der Waals surface area contributed by atoms with Crippen LogP contribution in [0.4, 0.5) is 0 Å². The summed E-state index contributed by atoms with van der Waals surface area (Å²) in [6.45, 7) is 3.85. The smallest absolute Gasteiger partial charge is 0.326 e. The van der Waals surface area contributed by atoms with E-state index in [1.165, 1.54) is 11.3 Å². The lowest BCUT2D eigenvalue weighted by Crippen LogP contribution is -2.42. The Morgan fingerprint density at radius 2 is 2.12 bits per heavy atom. The Balaban J connectivity index is 2.01. The van der Waals surface area contributed by atoms with Crippen LogP contribution in [-0.2, 0) is 16.0 Å². The molecule has 1 amide bonds. The molecule has 1 aromatic heterocycles. The van der Waals surface area contributed by atoms with E-state index in [4.69, 9.17) is 0 Å². The van der Waals surface area contributed by atoms with E-state index < -0.39 is 12.0 Å². The Bertz CT molecular complexity index is 730. The van der Waals surface area contributed by atoms with Gasteiger partial charge in [0.25, 0.3) is 0 Å². The lowest BCUT2D eigenvalue weighted by atomic mass is 10.0. The summed E-state index contributed by atoms with van der Waals surface area (Å²) in [5.41, 5.74) is 1.62. The molecule has 2 N–H and O–H groups in total. The molecule has 0 bridgehead atoms. The molecule has 128 valence electrons. The van der Waals surface area contributed by atoms with E-state index >= 15 is 0 Å². The standard InChI is InChI=1S/C17H19BrN2O3S/c1-10(2)6-14(17(22)23)20-15(21)8-13-9-24-16(19-13)11-4-3-5-12(18)7-11/h3-5,7,9-10,14H,6,8H2,1-2H3,(H,20,21)(H,22,23)/t14-/m1/s1. The third-order valence-corrected chi connectivity index (χ3v) is 4.74. The fourth-order valence-corrected chi connectivity index (χ4v) is 3.46. The van der Waals surface area contributed by atoms with Crippen LogP contribution in [0.3, 0.4) is 0 Å². The van der Waals surface area contributed by atoms with Gasteiger partial charge in [-0.2, -0.15) is 0 Å². The van der Waals surface area contributed by atoms with Crippen molar-refractivity contribution in [1.29, 1.82) is 0 Å². The maximum absolute atomic E-state index is 12.1. The number of amides is 1. The van der Waals surface area contributed by atoms with Crippen molar-refractivity contribution in [2.45, 2.75) is 32.7 Å². The molecule has 2 rings (SSSR count). The molecule has 1 aromatic carbocycles. The van der Waals surface area contributed by atoms with Crippen LogP contribution in [0.2, 0.25) is 0 Å². The maximum atomic E-state index is 12.1. The number of aromatic nitrogens is 1. The van der Waals surface area contributed by atoms with Crippen LogP contribution in [0.5, 0.6) is 0 Å². The molecule has 0 aliphatic carbocycles. The Kier molecular flexibility index (Phi) is 6.51. The van der Waals surface area contributed by atoms with Gasteiger partial charge < -0.3 is 10.4 Å². The van der Waals surface area contributed by atoms with Crippen molar-refractivity contribution in [2.24, 2.45) is 5.92 Å². The fourth-order valence-electron chi connectivity index (χ4n) is 2.25. The summed E-state index contributed by atoms with van der Waals surface area (Å²) >= 11 is 4.88. The number of carbonyl (C=O) groups is 2. The normalized spacial score (nSPS) is 12.2. The second-order valence-electron chi connectivity index (χ2n) is 5.92. The number of nitrogens with zero attached hydrogens (tertiary/aromatic N) is 1. The number of hydrogen-bond donors (Lipinski definition) is 2. The number of halogens is 1. The molecule has 0 spiro atoms. The highest BCUT2D eigenvalue weighted by Crippen LogP contribution is 2.26. The van der Waals surface area contributed by atoms with Gasteiger partial charge in [-0.3, -0.25) is 4.79 Å². The first-order chi connectivity index (χ1) is 11.3. The van der Waals surface area contributed by atoms with E-state index in [1.54, 1.807) is 0 Å². The van der Waals surface area contributed by atoms with Gasteiger partial charge in [-0.1, -0.05) is 41.9 Å². The summed E-state index contributed by atoms with van der Waals surface area (Å²) in [5.74, 6) is -1.15. The third-order valence-electron chi connectivity index (χ3n) is 3.31. The molecule has 0 aliphatic rings. The zero-order chi connectivity index (χ0) is 17.7.